The van der Waals surface area contributed by atoms with Gasteiger partial charge in [-0.25, -0.2) is 9.97 Å². The minimum atomic E-state index is 0.0425. The molecule has 2 heterocycles. The third kappa shape index (κ3) is 4.69. The van der Waals surface area contributed by atoms with Crippen molar-refractivity contribution in [1.29, 1.82) is 0 Å². The topological polar surface area (TPSA) is 58.1 Å². The van der Waals surface area contributed by atoms with Crippen molar-refractivity contribution in [2.24, 2.45) is 0 Å². The summed E-state index contributed by atoms with van der Waals surface area (Å²) in [5.74, 6) is 1.45. The Morgan fingerprint density at radius 3 is 2.62 bits per heavy atom. The summed E-state index contributed by atoms with van der Waals surface area (Å²) in [6.45, 7) is 6.57. The molecule has 0 aliphatic carbocycles. The van der Waals surface area contributed by atoms with Gasteiger partial charge < -0.3 is 10.2 Å². The van der Waals surface area contributed by atoms with Crippen molar-refractivity contribution in [3.63, 3.8) is 0 Å². The van der Waals surface area contributed by atoms with Gasteiger partial charge in [-0.05, 0) is 26.2 Å². The molecule has 1 aliphatic heterocycles. The van der Waals surface area contributed by atoms with Crippen molar-refractivity contribution < 1.29 is 4.79 Å². The van der Waals surface area contributed by atoms with Gasteiger partial charge in [0.05, 0.1) is 0 Å². The van der Waals surface area contributed by atoms with Crippen LogP contribution in [-0.4, -0.2) is 40.4 Å². The van der Waals surface area contributed by atoms with Gasteiger partial charge in [0.1, 0.15) is 17.3 Å². The summed E-state index contributed by atoms with van der Waals surface area (Å²) in [4.78, 5) is 23.2. The van der Waals surface area contributed by atoms with Crippen LogP contribution in [0.1, 0.15) is 61.8 Å². The molecule has 0 spiro atoms. The number of nitrogens with zero attached hydrogens (tertiary/aromatic N) is 3. The van der Waals surface area contributed by atoms with E-state index < -0.39 is 0 Å². The van der Waals surface area contributed by atoms with Gasteiger partial charge in [-0.2, -0.15) is 0 Å². The monoisotopic (exact) mass is 290 g/mol. The number of carbonyl (C=O) groups excluding carboxylic acids is 1. The molecule has 0 bridgehead atoms. The van der Waals surface area contributed by atoms with Crippen molar-refractivity contribution >= 4 is 11.7 Å². The number of carbonyl (C=O) groups is 1. The fraction of sp³-hybridized carbons (Fsp3) is 0.688. The smallest absolute Gasteiger partial charge is 0.272 e. The Hall–Kier alpha value is -1.65. The second-order valence-corrected chi connectivity index (χ2v) is 5.67. The van der Waals surface area contributed by atoms with E-state index in [-0.39, 0.29) is 5.91 Å². The molecule has 21 heavy (non-hydrogen) atoms. The third-order valence-electron chi connectivity index (χ3n) is 3.79. The van der Waals surface area contributed by atoms with E-state index in [1.54, 1.807) is 6.07 Å². The Balaban J connectivity index is 2.08. The lowest BCUT2D eigenvalue weighted by Crippen LogP contribution is -2.32. The highest BCUT2D eigenvalue weighted by Gasteiger charge is 2.19. The summed E-state index contributed by atoms with van der Waals surface area (Å²) in [5.41, 5.74) is 0.517. The first-order valence-electron chi connectivity index (χ1n) is 8.09. The fourth-order valence-corrected chi connectivity index (χ4v) is 2.60. The number of hydrogen-bond donors (Lipinski definition) is 1. The van der Waals surface area contributed by atoms with E-state index in [1.165, 1.54) is 12.8 Å². The number of aryl methyl sites for hydroxylation is 1. The van der Waals surface area contributed by atoms with Crippen LogP contribution in [0.5, 0.6) is 0 Å². The lowest BCUT2D eigenvalue weighted by atomic mass is 10.2. The Bertz CT molecular complexity index is 467. The maximum Gasteiger partial charge on any atom is 0.272 e. The lowest BCUT2D eigenvalue weighted by molar-refractivity contribution is 0.0755. The number of amides is 1. The molecule has 0 aromatic carbocycles. The van der Waals surface area contributed by atoms with Crippen LogP contribution in [-0.2, 0) is 0 Å². The molecule has 1 aromatic heterocycles. The number of rotatable bonds is 5. The number of aromatic nitrogens is 2. The molecule has 5 heteroatoms. The number of hydrogen-bond acceptors (Lipinski definition) is 4. The lowest BCUT2D eigenvalue weighted by Gasteiger charge is -2.20. The van der Waals surface area contributed by atoms with Crippen LogP contribution in [0, 0.1) is 6.92 Å². The summed E-state index contributed by atoms with van der Waals surface area (Å²) in [6, 6.07) is 1.79. The highest BCUT2D eigenvalue weighted by atomic mass is 16.2. The van der Waals surface area contributed by atoms with Gasteiger partial charge in [-0.1, -0.05) is 26.2 Å². The van der Waals surface area contributed by atoms with Crippen LogP contribution in [0.15, 0.2) is 6.07 Å². The Morgan fingerprint density at radius 1 is 1.24 bits per heavy atom. The molecule has 2 rings (SSSR count). The quantitative estimate of drug-likeness (QED) is 0.847. The van der Waals surface area contributed by atoms with Crippen molar-refractivity contribution in [3.8, 4) is 0 Å². The molecule has 1 fully saturated rings. The van der Waals surface area contributed by atoms with E-state index in [1.807, 2.05) is 11.8 Å². The van der Waals surface area contributed by atoms with Gasteiger partial charge in [0.2, 0.25) is 0 Å². The normalized spacial score (nSPS) is 15.6. The predicted octanol–water partition coefficient (Wildman–Crippen LogP) is 3.01. The first-order valence-corrected chi connectivity index (χ1v) is 8.09. The van der Waals surface area contributed by atoms with E-state index in [9.17, 15) is 4.79 Å². The van der Waals surface area contributed by atoms with Crippen LogP contribution in [0.2, 0.25) is 0 Å². The second kappa shape index (κ2) is 7.96. The van der Waals surface area contributed by atoms with E-state index in [0.717, 1.165) is 51.1 Å². The molecule has 1 amide bonds. The van der Waals surface area contributed by atoms with Crippen LogP contribution < -0.4 is 5.32 Å². The zero-order chi connectivity index (χ0) is 15.1. The second-order valence-electron chi connectivity index (χ2n) is 5.67. The summed E-state index contributed by atoms with van der Waals surface area (Å²) in [7, 11) is 0. The number of unbranched alkanes of at least 4 members (excludes halogenated alkanes) is 1. The molecule has 0 saturated carbocycles. The first-order chi connectivity index (χ1) is 10.2. The SMILES string of the molecule is CCCCNc1cc(C(=O)N2CCCCCC2)nc(C)n1. The van der Waals surface area contributed by atoms with E-state index in [2.05, 4.69) is 22.2 Å². The molecule has 116 valence electrons. The Kier molecular flexibility index (Phi) is 5.96. The van der Waals surface area contributed by atoms with Gasteiger partial charge in [-0.3, -0.25) is 4.79 Å². The van der Waals surface area contributed by atoms with E-state index >= 15 is 0 Å². The number of likely N-dealkylation sites (tertiary alicyclic amines) is 1. The van der Waals surface area contributed by atoms with Crippen molar-refractivity contribution in [1.82, 2.24) is 14.9 Å². The van der Waals surface area contributed by atoms with Crippen molar-refractivity contribution in [3.05, 3.63) is 17.6 Å². The average Bonchev–Trinajstić information content (AvgIpc) is 2.75. The van der Waals surface area contributed by atoms with E-state index in [0.29, 0.717) is 11.5 Å². The number of anilines is 1. The van der Waals surface area contributed by atoms with Gasteiger partial charge >= 0.3 is 0 Å². The zero-order valence-corrected chi connectivity index (χ0v) is 13.2. The molecule has 5 nitrogen and oxygen atoms in total. The highest BCUT2D eigenvalue weighted by molar-refractivity contribution is 5.93. The molecule has 1 aliphatic rings. The molecule has 1 aromatic rings. The Morgan fingerprint density at radius 2 is 1.95 bits per heavy atom. The minimum absolute atomic E-state index is 0.0425. The summed E-state index contributed by atoms with van der Waals surface area (Å²) in [6.07, 6.45) is 6.86. The largest absolute Gasteiger partial charge is 0.370 e. The summed E-state index contributed by atoms with van der Waals surface area (Å²) < 4.78 is 0. The molecule has 1 N–H and O–H groups in total. The van der Waals surface area contributed by atoms with Crippen molar-refractivity contribution in [2.75, 3.05) is 25.0 Å². The van der Waals surface area contributed by atoms with Gasteiger partial charge in [0.15, 0.2) is 0 Å². The Labute approximate surface area is 127 Å². The number of nitrogens with one attached hydrogen (secondary N) is 1. The zero-order valence-electron chi connectivity index (χ0n) is 13.2. The van der Waals surface area contributed by atoms with Crippen molar-refractivity contribution in [2.45, 2.75) is 52.4 Å². The molecule has 1 saturated heterocycles. The molecular weight excluding hydrogens is 264 g/mol. The fourth-order valence-electron chi connectivity index (χ4n) is 2.60. The average molecular weight is 290 g/mol. The standard InChI is InChI=1S/C16H26N4O/c1-3-4-9-17-15-12-14(18-13(2)19-15)16(21)20-10-7-5-6-8-11-20/h12H,3-11H2,1-2H3,(H,17,18,19). The van der Waals surface area contributed by atoms with Gasteiger partial charge in [0, 0.05) is 25.7 Å². The van der Waals surface area contributed by atoms with Crippen LogP contribution >= 0.6 is 0 Å². The molecule has 0 atom stereocenters. The minimum Gasteiger partial charge on any atom is -0.370 e. The van der Waals surface area contributed by atoms with Crippen LogP contribution in [0.4, 0.5) is 5.82 Å². The first kappa shape index (κ1) is 15.7. The summed E-state index contributed by atoms with van der Waals surface area (Å²) in [5, 5.41) is 3.28. The highest BCUT2D eigenvalue weighted by Crippen LogP contribution is 2.14. The van der Waals surface area contributed by atoms with Crippen LogP contribution in [0.25, 0.3) is 0 Å². The molecule has 0 radical (unpaired) electrons. The summed E-state index contributed by atoms with van der Waals surface area (Å²) >= 11 is 0. The van der Waals surface area contributed by atoms with Crippen LogP contribution in [0.3, 0.4) is 0 Å². The van der Waals surface area contributed by atoms with E-state index in [4.69, 9.17) is 0 Å². The third-order valence-corrected chi connectivity index (χ3v) is 3.79. The van der Waals surface area contributed by atoms with Gasteiger partial charge in [-0.15, -0.1) is 0 Å². The molecular formula is C16H26N4O. The molecule has 0 unspecified atom stereocenters. The maximum atomic E-state index is 12.6. The predicted molar refractivity (Wildman–Crippen MR) is 84.5 cm³/mol. The van der Waals surface area contributed by atoms with Gasteiger partial charge in [0.25, 0.3) is 5.91 Å². The maximum absolute atomic E-state index is 12.6.